The Morgan fingerprint density at radius 3 is 2.50 bits per heavy atom. The fraction of sp³-hybridized carbons (Fsp3) is 0.571. The van der Waals surface area contributed by atoms with Crippen molar-refractivity contribution < 1.29 is 5.11 Å². The zero-order valence-electron chi connectivity index (χ0n) is 10.3. The van der Waals surface area contributed by atoms with Crippen molar-refractivity contribution in [2.45, 2.75) is 38.3 Å². The maximum atomic E-state index is 9.46. The Kier molecular flexibility index (Phi) is 5.67. The van der Waals surface area contributed by atoms with Crippen LogP contribution in [-0.2, 0) is 6.54 Å². The van der Waals surface area contributed by atoms with Crippen molar-refractivity contribution in [3.8, 4) is 0 Å². The summed E-state index contributed by atoms with van der Waals surface area (Å²) in [5.41, 5.74) is 1.29. The quantitative estimate of drug-likeness (QED) is 0.836. The Bertz CT molecular complexity index is 389. The van der Waals surface area contributed by atoms with Crippen LogP contribution in [0.1, 0.15) is 31.2 Å². The van der Waals surface area contributed by atoms with Gasteiger partial charge in [0.15, 0.2) is 0 Å². The van der Waals surface area contributed by atoms with E-state index in [2.05, 4.69) is 55.4 Å². The van der Waals surface area contributed by atoms with E-state index in [1.54, 1.807) is 0 Å². The fourth-order valence-corrected chi connectivity index (χ4v) is 3.09. The summed E-state index contributed by atoms with van der Waals surface area (Å²) in [5.74, 6) is 0.729. The molecule has 2 rings (SSSR count). The first-order valence-corrected chi connectivity index (χ1v) is 8.06. The van der Waals surface area contributed by atoms with E-state index in [1.165, 1.54) is 5.56 Å². The van der Waals surface area contributed by atoms with Gasteiger partial charge in [0.25, 0.3) is 0 Å². The van der Waals surface area contributed by atoms with Crippen molar-refractivity contribution in [3.63, 3.8) is 0 Å². The number of halogens is 2. The van der Waals surface area contributed by atoms with Crippen LogP contribution in [0.15, 0.2) is 27.1 Å². The number of aliphatic hydroxyl groups excluding tert-OH is 1. The monoisotopic (exact) mass is 375 g/mol. The van der Waals surface area contributed by atoms with Crippen molar-refractivity contribution >= 4 is 31.9 Å². The van der Waals surface area contributed by atoms with Crippen LogP contribution >= 0.6 is 31.9 Å². The molecule has 0 aliphatic heterocycles. The standard InChI is InChI=1S/C14H19Br2NO/c15-13-6-3-11(7-14(13)16)9-17-8-10-1-4-12(18)5-2-10/h3,6-7,10,12,17-18H,1-2,4-5,8-9H2. The van der Waals surface area contributed by atoms with Gasteiger partial charge in [-0.05, 0) is 87.7 Å². The van der Waals surface area contributed by atoms with Crippen molar-refractivity contribution in [3.05, 3.63) is 32.7 Å². The van der Waals surface area contributed by atoms with Gasteiger partial charge >= 0.3 is 0 Å². The highest BCUT2D eigenvalue weighted by Crippen LogP contribution is 2.25. The summed E-state index contributed by atoms with van der Waals surface area (Å²) >= 11 is 6.99. The van der Waals surface area contributed by atoms with Crippen LogP contribution in [-0.4, -0.2) is 17.8 Å². The SMILES string of the molecule is OC1CCC(CNCc2ccc(Br)c(Br)c2)CC1. The molecule has 1 aliphatic carbocycles. The van der Waals surface area contributed by atoms with Gasteiger partial charge in [0.1, 0.15) is 0 Å². The van der Waals surface area contributed by atoms with E-state index in [0.29, 0.717) is 0 Å². The highest BCUT2D eigenvalue weighted by atomic mass is 79.9. The van der Waals surface area contributed by atoms with E-state index in [4.69, 9.17) is 0 Å². The van der Waals surface area contributed by atoms with Crippen molar-refractivity contribution in [1.82, 2.24) is 5.32 Å². The van der Waals surface area contributed by atoms with Gasteiger partial charge in [-0.25, -0.2) is 0 Å². The summed E-state index contributed by atoms with van der Waals surface area (Å²) in [4.78, 5) is 0. The number of aliphatic hydroxyl groups is 1. The van der Waals surface area contributed by atoms with Crippen molar-refractivity contribution in [1.29, 1.82) is 0 Å². The zero-order chi connectivity index (χ0) is 13.0. The molecule has 0 bridgehead atoms. The molecule has 0 amide bonds. The third kappa shape index (κ3) is 4.34. The first kappa shape index (κ1) is 14.5. The molecule has 0 atom stereocenters. The van der Waals surface area contributed by atoms with Crippen LogP contribution in [0.2, 0.25) is 0 Å². The molecule has 1 saturated carbocycles. The molecular formula is C14H19Br2NO. The Labute approximate surface area is 125 Å². The van der Waals surface area contributed by atoms with Crippen LogP contribution in [0.5, 0.6) is 0 Å². The van der Waals surface area contributed by atoms with E-state index in [-0.39, 0.29) is 6.10 Å². The van der Waals surface area contributed by atoms with Gasteiger partial charge in [0.05, 0.1) is 6.10 Å². The van der Waals surface area contributed by atoms with Crippen LogP contribution in [0.3, 0.4) is 0 Å². The lowest BCUT2D eigenvalue weighted by Gasteiger charge is -2.25. The van der Waals surface area contributed by atoms with Gasteiger partial charge in [-0.2, -0.15) is 0 Å². The average molecular weight is 377 g/mol. The topological polar surface area (TPSA) is 32.3 Å². The summed E-state index contributed by atoms with van der Waals surface area (Å²) in [6.07, 6.45) is 4.19. The summed E-state index contributed by atoms with van der Waals surface area (Å²) in [6, 6.07) is 6.34. The fourth-order valence-electron chi connectivity index (χ4n) is 2.42. The largest absolute Gasteiger partial charge is 0.393 e. The third-order valence-electron chi connectivity index (χ3n) is 3.56. The zero-order valence-corrected chi connectivity index (χ0v) is 13.5. The molecule has 0 unspecified atom stereocenters. The molecule has 1 aliphatic rings. The molecule has 0 radical (unpaired) electrons. The van der Waals surface area contributed by atoms with Gasteiger partial charge in [0.2, 0.25) is 0 Å². The molecule has 0 saturated heterocycles. The molecule has 0 heterocycles. The molecule has 0 spiro atoms. The van der Waals surface area contributed by atoms with Crippen LogP contribution < -0.4 is 5.32 Å². The Morgan fingerprint density at radius 2 is 1.83 bits per heavy atom. The highest BCUT2D eigenvalue weighted by Gasteiger charge is 2.18. The first-order valence-electron chi connectivity index (χ1n) is 6.48. The lowest BCUT2D eigenvalue weighted by atomic mass is 9.87. The predicted molar refractivity (Wildman–Crippen MR) is 81.5 cm³/mol. The minimum absolute atomic E-state index is 0.0521. The minimum Gasteiger partial charge on any atom is -0.393 e. The molecular weight excluding hydrogens is 358 g/mol. The molecule has 1 fully saturated rings. The van der Waals surface area contributed by atoms with E-state index in [9.17, 15) is 5.11 Å². The molecule has 18 heavy (non-hydrogen) atoms. The van der Waals surface area contributed by atoms with Gasteiger partial charge in [-0.15, -0.1) is 0 Å². The van der Waals surface area contributed by atoms with Gasteiger partial charge in [-0.3, -0.25) is 0 Å². The second kappa shape index (κ2) is 7.04. The Morgan fingerprint density at radius 1 is 1.11 bits per heavy atom. The lowest BCUT2D eigenvalue weighted by molar-refractivity contribution is 0.108. The lowest BCUT2D eigenvalue weighted by Crippen LogP contribution is -2.27. The average Bonchev–Trinajstić information content (AvgIpc) is 2.36. The maximum Gasteiger partial charge on any atom is 0.0540 e. The van der Waals surface area contributed by atoms with Gasteiger partial charge in [-0.1, -0.05) is 6.07 Å². The smallest absolute Gasteiger partial charge is 0.0540 e. The van der Waals surface area contributed by atoms with Crippen LogP contribution in [0.25, 0.3) is 0 Å². The number of benzene rings is 1. The number of nitrogens with one attached hydrogen (secondary N) is 1. The molecule has 4 heteroatoms. The maximum absolute atomic E-state index is 9.46. The van der Waals surface area contributed by atoms with Crippen LogP contribution in [0, 0.1) is 5.92 Å². The van der Waals surface area contributed by atoms with Crippen molar-refractivity contribution in [2.75, 3.05) is 6.54 Å². The Balaban J connectivity index is 1.73. The van der Waals surface area contributed by atoms with Gasteiger partial charge < -0.3 is 10.4 Å². The minimum atomic E-state index is -0.0521. The summed E-state index contributed by atoms with van der Waals surface area (Å²) in [5, 5.41) is 13.0. The number of hydrogen-bond donors (Lipinski definition) is 2. The predicted octanol–water partition coefficient (Wildman–Crippen LogP) is 3.85. The molecule has 1 aromatic rings. The van der Waals surface area contributed by atoms with E-state index in [0.717, 1.165) is 53.6 Å². The second-order valence-corrected chi connectivity index (χ2v) is 6.76. The molecule has 100 valence electrons. The van der Waals surface area contributed by atoms with E-state index < -0.39 is 0 Å². The number of hydrogen-bond acceptors (Lipinski definition) is 2. The summed E-state index contributed by atoms with van der Waals surface area (Å²) in [6.45, 7) is 1.96. The van der Waals surface area contributed by atoms with E-state index in [1.807, 2.05) is 0 Å². The first-order chi connectivity index (χ1) is 8.65. The van der Waals surface area contributed by atoms with Crippen molar-refractivity contribution in [2.24, 2.45) is 5.92 Å². The molecule has 2 nitrogen and oxygen atoms in total. The normalized spacial score (nSPS) is 24.2. The van der Waals surface area contributed by atoms with E-state index >= 15 is 0 Å². The second-order valence-electron chi connectivity index (χ2n) is 5.05. The van der Waals surface area contributed by atoms with Crippen LogP contribution in [0.4, 0.5) is 0 Å². The molecule has 0 aromatic heterocycles. The summed E-state index contributed by atoms with van der Waals surface area (Å²) in [7, 11) is 0. The highest BCUT2D eigenvalue weighted by molar-refractivity contribution is 9.13. The molecule has 1 aromatic carbocycles. The summed E-state index contributed by atoms with van der Waals surface area (Å²) < 4.78 is 2.19. The third-order valence-corrected chi connectivity index (χ3v) is 5.44. The van der Waals surface area contributed by atoms with Gasteiger partial charge in [0, 0.05) is 15.5 Å². The number of rotatable bonds is 4. The molecule has 2 N–H and O–H groups in total. The Hall–Kier alpha value is 0.1000.